The van der Waals surface area contributed by atoms with Crippen molar-refractivity contribution in [1.82, 2.24) is 0 Å². The molecule has 0 amide bonds. The molecule has 0 aliphatic carbocycles. The van der Waals surface area contributed by atoms with Crippen molar-refractivity contribution in [3.8, 4) is 6.07 Å². The van der Waals surface area contributed by atoms with E-state index in [1.165, 1.54) is 6.07 Å². The Bertz CT molecular complexity index is 482. The van der Waals surface area contributed by atoms with Crippen LogP contribution < -0.4 is 11.1 Å². The SMILES string of the molecule is CCCCC(CN)Nc1cccc(C#N)c1[N+](=O)[O-]. The molecular formula is C13H18N4O2. The van der Waals surface area contributed by atoms with Crippen LogP contribution in [0, 0.1) is 21.4 Å². The van der Waals surface area contributed by atoms with Crippen LogP contribution in [0.1, 0.15) is 31.7 Å². The van der Waals surface area contributed by atoms with E-state index in [1.54, 1.807) is 12.1 Å². The number of nitrogens with one attached hydrogen (secondary N) is 1. The van der Waals surface area contributed by atoms with Crippen LogP contribution in [0.15, 0.2) is 18.2 Å². The lowest BCUT2D eigenvalue weighted by Crippen LogP contribution is -2.29. The molecule has 0 aliphatic rings. The predicted octanol–water partition coefficient (Wildman–Crippen LogP) is 2.40. The van der Waals surface area contributed by atoms with Gasteiger partial charge in [0.05, 0.1) is 4.92 Å². The Morgan fingerprint density at radius 3 is 2.84 bits per heavy atom. The van der Waals surface area contributed by atoms with Crippen molar-refractivity contribution in [2.45, 2.75) is 32.2 Å². The van der Waals surface area contributed by atoms with Crippen LogP contribution in [0.3, 0.4) is 0 Å². The Morgan fingerprint density at radius 2 is 2.32 bits per heavy atom. The highest BCUT2D eigenvalue weighted by Gasteiger charge is 2.21. The molecule has 3 N–H and O–H groups in total. The van der Waals surface area contributed by atoms with E-state index in [-0.39, 0.29) is 17.3 Å². The highest BCUT2D eigenvalue weighted by Crippen LogP contribution is 2.28. The minimum absolute atomic E-state index is 0.0207. The number of hydrogen-bond acceptors (Lipinski definition) is 5. The van der Waals surface area contributed by atoms with Crippen LogP contribution in [0.4, 0.5) is 11.4 Å². The van der Waals surface area contributed by atoms with Gasteiger partial charge in [0.1, 0.15) is 17.3 Å². The molecule has 1 atom stereocenters. The first-order chi connectivity index (χ1) is 9.13. The number of unbranched alkanes of at least 4 members (excludes halogenated alkanes) is 1. The minimum atomic E-state index is -0.533. The lowest BCUT2D eigenvalue weighted by atomic mass is 10.1. The molecule has 0 radical (unpaired) electrons. The van der Waals surface area contributed by atoms with Gasteiger partial charge in [-0.25, -0.2) is 0 Å². The summed E-state index contributed by atoms with van der Waals surface area (Å²) in [4.78, 5) is 10.5. The summed E-state index contributed by atoms with van der Waals surface area (Å²) in [6.45, 7) is 2.47. The molecule has 1 aromatic carbocycles. The number of nitrogens with zero attached hydrogens (tertiary/aromatic N) is 2. The maximum absolute atomic E-state index is 11.1. The minimum Gasteiger partial charge on any atom is -0.375 e. The van der Waals surface area contributed by atoms with Crippen molar-refractivity contribution in [1.29, 1.82) is 5.26 Å². The molecule has 0 heterocycles. The van der Waals surface area contributed by atoms with Crippen LogP contribution in [-0.4, -0.2) is 17.5 Å². The average molecular weight is 262 g/mol. The second kappa shape index (κ2) is 7.34. The fourth-order valence-corrected chi connectivity index (χ4v) is 1.87. The molecule has 0 bridgehead atoms. The van der Waals surface area contributed by atoms with Crippen LogP contribution in [0.25, 0.3) is 0 Å². The zero-order valence-corrected chi connectivity index (χ0v) is 10.9. The van der Waals surface area contributed by atoms with Crippen LogP contribution in [-0.2, 0) is 0 Å². The summed E-state index contributed by atoms with van der Waals surface area (Å²) in [6, 6.07) is 6.49. The first-order valence-electron chi connectivity index (χ1n) is 6.28. The molecule has 1 unspecified atom stereocenters. The fraction of sp³-hybridized carbons (Fsp3) is 0.462. The van der Waals surface area contributed by atoms with Gasteiger partial charge in [0.2, 0.25) is 0 Å². The van der Waals surface area contributed by atoms with Crippen LogP contribution >= 0.6 is 0 Å². The summed E-state index contributed by atoms with van der Waals surface area (Å²) in [7, 11) is 0. The molecule has 0 aliphatic heterocycles. The van der Waals surface area contributed by atoms with Crippen molar-refractivity contribution in [3.05, 3.63) is 33.9 Å². The van der Waals surface area contributed by atoms with Gasteiger partial charge in [-0.1, -0.05) is 25.8 Å². The van der Waals surface area contributed by atoms with Crippen molar-refractivity contribution in [2.75, 3.05) is 11.9 Å². The van der Waals surface area contributed by atoms with E-state index in [0.29, 0.717) is 12.2 Å². The lowest BCUT2D eigenvalue weighted by Gasteiger charge is -2.17. The molecule has 0 spiro atoms. The maximum atomic E-state index is 11.1. The van der Waals surface area contributed by atoms with Crippen LogP contribution in [0.2, 0.25) is 0 Å². The number of nitrogens with two attached hydrogens (primary N) is 1. The van der Waals surface area contributed by atoms with Gasteiger partial charge >= 0.3 is 5.69 Å². The molecule has 0 fully saturated rings. The van der Waals surface area contributed by atoms with Gasteiger partial charge in [-0.15, -0.1) is 0 Å². The highest BCUT2D eigenvalue weighted by molar-refractivity contribution is 5.68. The zero-order valence-electron chi connectivity index (χ0n) is 10.9. The first kappa shape index (κ1) is 14.9. The predicted molar refractivity (Wildman–Crippen MR) is 73.8 cm³/mol. The summed E-state index contributed by atoms with van der Waals surface area (Å²) in [5.41, 5.74) is 5.89. The zero-order chi connectivity index (χ0) is 14.3. The Balaban J connectivity index is 3.00. The first-order valence-corrected chi connectivity index (χ1v) is 6.28. The molecule has 0 aromatic heterocycles. The number of rotatable bonds is 7. The molecule has 102 valence electrons. The van der Waals surface area contributed by atoms with E-state index in [1.807, 2.05) is 6.07 Å². The number of nitriles is 1. The molecular weight excluding hydrogens is 244 g/mol. The number of hydrogen-bond donors (Lipinski definition) is 2. The summed E-state index contributed by atoms with van der Waals surface area (Å²) in [5.74, 6) is 0. The summed E-state index contributed by atoms with van der Waals surface area (Å²) in [5, 5.41) is 23.1. The number of nitro benzene ring substituents is 1. The van der Waals surface area contributed by atoms with E-state index in [2.05, 4.69) is 12.2 Å². The molecule has 19 heavy (non-hydrogen) atoms. The molecule has 1 aromatic rings. The van der Waals surface area contributed by atoms with E-state index in [9.17, 15) is 10.1 Å². The Kier molecular flexibility index (Phi) is 5.76. The fourth-order valence-electron chi connectivity index (χ4n) is 1.87. The van der Waals surface area contributed by atoms with Gasteiger partial charge in [0, 0.05) is 12.6 Å². The van der Waals surface area contributed by atoms with Gasteiger partial charge in [-0.2, -0.15) is 5.26 Å². The Morgan fingerprint density at radius 1 is 1.58 bits per heavy atom. The largest absolute Gasteiger partial charge is 0.375 e. The topological polar surface area (TPSA) is 105 Å². The number of anilines is 1. The molecule has 0 saturated carbocycles. The molecule has 6 heteroatoms. The van der Waals surface area contributed by atoms with Crippen molar-refractivity contribution in [2.24, 2.45) is 5.73 Å². The van der Waals surface area contributed by atoms with Crippen molar-refractivity contribution in [3.63, 3.8) is 0 Å². The van der Waals surface area contributed by atoms with Gasteiger partial charge < -0.3 is 11.1 Å². The summed E-state index contributed by atoms with van der Waals surface area (Å²) >= 11 is 0. The van der Waals surface area contributed by atoms with E-state index in [4.69, 9.17) is 11.0 Å². The average Bonchev–Trinajstić information content (AvgIpc) is 2.42. The van der Waals surface area contributed by atoms with E-state index >= 15 is 0 Å². The third-order valence-electron chi connectivity index (χ3n) is 2.89. The standard InChI is InChI=1S/C13H18N4O2/c1-2-3-6-11(9-15)16-12-7-4-5-10(8-14)13(12)17(18)19/h4-5,7,11,16H,2-3,6,9,15H2,1H3. The third-order valence-corrected chi connectivity index (χ3v) is 2.89. The summed E-state index contributed by atoms with van der Waals surface area (Å²) in [6.07, 6.45) is 2.89. The number of nitro groups is 1. The highest BCUT2D eigenvalue weighted by atomic mass is 16.6. The Labute approximate surface area is 112 Å². The van der Waals surface area contributed by atoms with Crippen LogP contribution in [0.5, 0.6) is 0 Å². The summed E-state index contributed by atoms with van der Waals surface area (Å²) < 4.78 is 0. The molecule has 1 rings (SSSR count). The van der Waals surface area contributed by atoms with Gasteiger partial charge in [0.25, 0.3) is 0 Å². The Hall–Kier alpha value is -2.13. The van der Waals surface area contributed by atoms with Crippen molar-refractivity contribution >= 4 is 11.4 Å². The number of para-hydroxylation sites is 1. The van der Waals surface area contributed by atoms with Gasteiger partial charge in [-0.05, 0) is 18.6 Å². The number of benzene rings is 1. The van der Waals surface area contributed by atoms with Crippen molar-refractivity contribution < 1.29 is 4.92 Å². The monoisotopic (exact) mass is 262 g/mol. The van der Waals surface area contributed by atoms with E-state index < -0.39 is 4.92 Å². The third kappa shape index (κ3) is 3.93. The maximum Gasteiger partial charge on any atom is 0.309 e. The second-order valence-electron chi connectivity index (χ2n) is 4.29. The second-order valence-corrected chi connectivity index (χ2v) is 4.29. The van der Waals surface area contributed by atoms with Gasteiger partial charge in [-0.3, -0.25) is 10.1 Å². The lowest BCUT2D eigenvalue weighted by molar-refractivity contribution is -0.384. The normalized spacial score (nSPS) is 11.6. The smallest absolute Gasteiger partial charge is 0.309 e. The molecule has 0 saturated heterocycles. The van der Waals surface area contributed by atoms with E-state index in [0.717, 1.165) is 19.3 Å². The quantitative estimate of drug-likeness (QED) is 0.579. The van der Waals surface area contributed by atoms with Gasteiger partial charge in [0.15, 0.2) is 0 Å². The molecule has 6 nitrogen and oxygen atoms in total.